The van der Waals surface area contributed by atoms with E-state index in [0.29, 0.717) is 5.56 Å². The molecule has 3 nitrogen and oxygen atoms in total. The molecule has 0 aliphatic rings. The maximum absolute atomic E-state index is 12.8. The van der Waals surface area contributed by atoms with Gasteiger partial charge in [-0.1, -0.05) is 55.8 Å². The van der Waals surface area contributed by atoms with E-state index >= 15 is 0 Å². The minimum Gasteiger partial charge on any atom is -0.335 e. The topological polar surface area (TPSA) is 37.4 Å². The molecule has 126 valence electrons. The van der Waals surface area contributed by atoms with E-state index in [1.807, 2.05) is 32.0 Å². The van der Waals surface area contributed by atoms with Crippen LogP contribution in [0.2, 0.25) is 0 Å². The van der Waals surface area contributed by atoms with Crippen molar-refractivity contribution in [1.29, 1.82) is 0 Å². The molecular weight excluding hydrogens is 286 g/mol. The van der Waals surface area contributed by atoms with Crippen molar-refractivity contribution in [3.8, 4) is 0 Å². The molecule has 23 heavy (non-hydrogen) atoms. The first-order valence-electron chi connectivity index (χ1n) is 8.25. The molecule has 1 rings (SSSR count). The Labute approximate surface area is 140 Å². The van der Waals surface area contributed by atoms with E-state index in [1.165, 1.54) is 5.57 Å². The van der Waals surface area contributed by atoms with Gasteiger partial charge in [0.1, 0.15) is 0 Å². The van der Waals surface area contributed by atoms with Crippen molar-refractivity contribution in [2.45, 2.75) is 47.1 Å². The second-order valence-corrected chi connectivity index (χ2v) is 6.72. The minimum absolute atomic E-state index is 0.0221. The van der Waals surface area contributed by atoms with E-state index in [-0.39, 0.29) is 23.5 Å². The summed E-state index contributed by atoms with van der Waals surface area (Å²) in [6, 6.07) is 8.68. The third-order valence-corrected chi connectivity index (χ3v) is 4.27. The first kappa shape index (κ1) is 19.1. The van der Waals surface area contributed by atoms with Crippen LogP contribution in [0.5, 0.6) is 0 Å². The van der Waals surface area contributed by atoms with Gasteiger partial charge in [0, 0.05) is 18.5 Å². The van der Waals surface area contributed by atoms with Crippen molar-refractivity contribution in [3.63, 3.8) is 0 Å². The van der Waals surface area contributed by atoms with E-state index in [1.54, 1.807) is 31.0 Å². The molecule has 0 heterocycles. The number of carbonyl (C=O) groups excluding carboxylic acids is 2. The van der Waals surface area contributed by atoms with Crippen molar-refractivity contribution >= 4 is 11.7 Å². The van der Waals surface area contributed by atoms with Crippen LogP contribution in [0, 0.1) is 11.8 Å². The Balaban J connectivity index is 2.88. The summed E-state index contributed by atoms with van der Waals surface area (Å²) >= 11 is 0. The Morgan fingerprint density at radius 3 is 2.13 bits per heavy atom. The van der Waals surface area contributed by atoms with Crippen LogP contribution in [-0.4, -0.2) is 29.7 Å². The number of likely N-dealkylation sites (N-methyl/N-ethyl adjacent to an activating group) is 1. The molecule has 0 bridgehead atoms. The predicted molar refractivity (Wildman–Crippen MR) is 95.4 cm³/mol. The quantitative estimate of drug-likeness (QED) is 0.554. The molecule has 0 saturated carbocycles. The lowest BCUT2D eigenvalue weighted by atomic mass is 9.89. The number of hydrogen-bond donors (Lipinski definition) is 0. The molecule has 0 N–H and O–H groups in total. The van der Waals surface area contributed by atoms with Crippen molar-refractivity contribution in [3.05, 3.63) is 47.5 Å². The number of rotatable bonds is 7. The molecule has 0 spiro atoms. The Morgan fingerprint density at radius 2 is 1.65 bits per heavy atom. The average molecular weight is 315 g/mol. The van der Waals surface area contributed by atoms with E-state index in [4.69, 9.17) is 0 Å². The van der Waals surface area contributed by atoms with Gasteiger partial charge in [0.15, 0.2) is 5.78 Å². The van der Waals surface area contributed by atoms with Gasteiger partial charge in [-0.3, -0.25) is 9.59 Å². The zero-order valence-corrected chi connectivity index (χ0v) is 15.2. The Morgan fingerprint density at radius 1 is 1.09 bits per heavy atom. The van der Waals surface area contributed by atoms with E-state index in [0.717, 1.165) is 6.42 Å². The van der Waals surface area contributed by atoms with E-state index in [2.05, 4.69) is 19.9 Å². The highest BCUT2D eigenvalue weighted by Crippen LogP contribution is 2.21. The summed E-state index contributed by atoms with van der Waals surface area (Å²) in [7, 11) is 1.73. The maximum Gasteiger partial charge on any atom is 0.226 e. The van der Waals surface area contributed by atoms with Gasteiger partial charge < -0.3 is 4.90 Å². The molecule has 0 aliphatic heterocycles. The molecule has 1 aromatic rings. The summed E-state index contributed by atoms with van der Waals surface area (Å²) in [5.74, 6) is 0.154. The minimum atomic E-state index is -0.460. The average Bonchev–Trinajstić information content (AvgIpc) is 2.52. The fraction of sp³-hybridized carbons (Fsp3) is 0.500. The molecule has 0 aromatic heterocycles. The van der Waals surface area contributed by atoms with Crippen LogP contribution in [0.25, 0.3) is 0 Å². The first-order chi connectivity index (χ1) is 10.8. The van der Waals surface area contributed by atoms with Crippen molar-refractivity contribution < 1.29 is 9.59 Å². The lowest BCUT2D eigenvalue weighted by Crippen LogP contribution is -2.44. The van der Waals surface area contributed by atoms with Gasteiger partial charge in [-0.2, -0.15) is 0 Å². The van der Waals surface area contributed by atoms with Crippen LogP contribution >= 0.6 is 0 Å². The number of hydrogen-bond acceptors (Lipinski definition) is 2. The van der Waals surface area contributed by atoms with Crippen LogP contribution < -0.4 is 0 Å². The zero-order valence-electron chi connectivity index (χ0n) is 15.2. The summed E-state index contributed by atoms with van der Waals surface area (Å²) in [6.45, 7) is 9.98. The lowest BCUT2D eigenvalue weighted by Gasteiger charge is -2.29. The number of Topliss-reactive ketones (excluding diaryl/α,β-unsaturated/α-hetero) is 1. The summed E-state index contributed by atoms with van der Waals surface area (Å²) in [4.78, 5) is 27.0. The van der Waals surface area contributed by atoms with Gasteiger partial charge in [-0.25, -0.2) is 0 Å². The molecule has 0 radical (unpaired) electrons. The van der Waals surface area contributed by atoms with Crippen molar-refractivity contribution in [1.82, 2.24) is 4.90 Å². The number of benzene rings is 1. The third kappa shape index (κ3) is 5.34. The van der Waals surface area contributed by atoms with Gasteiger partial charge in [-0.05, 0) is 33.1 Å². The van der Waals surface area contributed by atoms with Gasteiger partial charge >= 0.3 is 0 Å². The number of carbonyl (C=O) groups is 2. The molecule has 0 aliphatic carbocycles. The first-order valence-corrected chi connectivity index (χ1v) is 8.25. The van der Waals surface area contributed by atoms with Gasteiger partial charge in [0.05, 0.1) is 6.04 Å². The SMILES string of the molecule is CC(C)=CC[C@H](C(=O)N(C)[C@@H](C)C(=O)c1ccccc1)C(C)C. The fourth-order valence-electron chi connectivity index (χ4n) is 2.49. The fourth-order valence-corrected chi connectivity index (χ4v) is 2.49. The molecule has 2 atom stereocenters. The Bertz CT molecular complexity index is 556. The van der Waals surface area contributed by atoms with Crippen LogP contribution in [0.15, 0.2) is 42.0 Å². The molecular formula is C20H29NO2. The van der Waals surface area contributed by atoms with E-state index < -0.39 is 6.04 Å². The van der Waals surface area contributed by atoms with Crippen LogP contribution in [0.1, 0.15) is 51.4 Å². The van der Waals surface area contributed by atoms with Gasteiger partial charge in [-0.15, -0.1) is 0 Å². The molecule has 3 heteroatoms. The molecule has 0 unspecified atom stereocenters. The standard InChI is InChI=1S/C20H29NO2/c1-14(2)12-13-18(15(3)4)20(23)21(6)16(5)19(22)17-10-8-7-9-11-17/h7-12,15-16,18H,13H2,1-6H3/t16-,18-/m0/s1. The maximum atomic E-state index is 12.8. The number of ketones is 1. The number of allylic oxidation sites excluding steroid dienone is 2. The largest absolute Gasteiger partial charge is 0.335 e. The highest BCUT2D eigenvalue weighted by Gasteiger charge is 2.29. The molecule has 0 fully saturated rings. The number of amides is 1. The highest BCUT2D eigenvalue weighted by molar-refractivity contribution is 6.01. The third-order valence-electron chi connectivity index (χ3n) is 4.27. The van der Waals surface area contributed by atoms with Crippen molar-refractivity contribution in [2.24, 2.45) is 11.8 Å². The predicted octanol–water partition coefficient (Wildman–Crippen LogP) is 4.34. The van der Waals surface area contributed by atoms with Crippen LogP contribution in [0.3, 0.4) is 0 Å². The summed E-state index contributed by atoms with van der Waals surface area (Å²) < 4.78 is 0. The summed E-state index contributed by atoms with van der Waals surface area (Å²) in [5, 5.41) is 0. The molecule has 0 saturated heterocycles. The van der Waals surface area contributed by atoms with Crippen molar-refractivity contribution in [2.75, 3.05) is 7.05 Å². The van der Waals surface area contributed by atoms with Crippen LogP contribution in [-0.2, 0) is 4.79 Å². The van der Waals surface area contributed by atoms with Gasteiger partial charge in [0.2, 0.25) is 5.91 Å². The van der Waals surface area contributed by atoms with E-state index in [9.17, 15) is 9.59 Å². The smallest absolute Gasteiger partial charge is 0.226 e. The monoisotopic (exact) mass is 315 g/mol. The van der Waals surface area contributed by atoms with Crippen LogP contribution in [0.4, 0.5) is 0 Å². The highest BCUT2D eigenvalue weighted by atomic mass is 16.2. The normalized spacial score (nSPS) is 13.3. The summed E-state index contributed by atoms with van der Waals surface area (Å²) in [5.41, 5.74) is 1.85. The molecule has 1 aromatic carbocycles. The Kier molecular flexibility index (Phi) is 7.21. The second kappa shape index (κ2) is 8.66. The molecule has 1 amide bonds. The lowest BCUT2D eigenvalue weighted by molar-refractivity contribution is -0.136. The zero-order chi connectivity index (χ0) is 17.6. The summed E-state index contributed by atoms with van der Waals surface area (Å²) in [6.07, 6.45) is 2.81. The second-order valence-electron chi connectivity index (χ2n) is 6.72. The number of nitrogens with zero attached hydrogens (tertiary/aromatic N) is 1. The Hall–Kier alpha value is -1.90. The van der Waals surface area contributed by atoms with Gasteiger partial charge in [0.25, 0.3) is 0 Å².